The molecule has 1 aliphatic carbocycles. The van der Waals surface area contributed by atoms with Gasteiger partial charge in [-0.1, -0.05) is 36.4 Å². The van der Waals surface area contributed by atoms with Gasteiger partial charge in [-0.25, -0.2) is 0 Å². The molecule has 45 heavy (non-hydrogen) atoms. The zero-order chi connectivity index (χ0) is 31.1. The standard InChI is InChI=1S/C35H29F3N4O2S/c36-35(37,38)45-27-11-8-23(9-12-27)34(44)41-16-14-22(15-17-41)20-42-21-26-18-25(10-13-31(26)40-42)33(43)39-32-7-3-6-29-28-5-2-1-4-24(28)19-30(29)32/h1-13,18,21-22H,14-17,19-20H2,(H,39,43). The molecule has 10 heteroatoms. The number of nitrogens with one attached hydrogen (secondary N) is 1. The summed E-state index contributed by atoms with van der Waals surface area (Å²) in [6.45, 7) is 1.84. The van der Waals surface area contributed by atoms with Crippen molar-refractivity contribution in [3.8, 4) is 11.1 Å². The van der Waals surface area contributed by atoms with Crippen LogP contribution in [0.1, 0.15) is 44.7 Å². The second-order valence-electron chi connectivity index (χ2n) is 11.6. The van der Waals surface area contributed by atoms with Crippen LogP contribution in [0.25, 0.3) is 22.0 Å². The second-order valence-corrected chi connectivity index (χ2v) is 12.7. The molecule has 228 valence electrons. The summed E-state index contributed by atoms with van der Waals surface area (Å²) in [5, 5.41) is 8.72. The van der Waals surface area contributed by atoms with E-state index < -0.39 is 5.51 Å². The Balaban J connectivity index is 0.964. The molecule has 1 aliphatic heterocycles. The number of carbonyl (C=O) groups is 2. The number of nitrogens with zero attached hydrogens (tertiary/aromatic N) is 3. The van der Waals surface area contributed by atoms with Crippen LogP contribution in [0.4, 0.5) is 18.9 Å². The molecule has 7 rings (SSSR count). The molecule has 0 unspecified atom stereocenters. The van der Waals surface area contributed by atoms with Gasteiger partial charge >= 0.3 is 5.51 Å². The number of hydrogen-bond donors (Lipinski definition) is 1. The number of fused-ring (bicyclic) bond motifs is 4. The highest BCUT2D eigenvalue weighted by molar-refractivity contribution is 8.00. The molecule has 2 heterocycles. The first-order chi connectivity index (χ1) is 21.7. The Bertz CT molecular complexity index is 1910. The molecule has 0 atom stereocenters. The number of thioether (sulfide) groups is 1. The molecule has 2 aliphatic rings. The quantitative estimate of drug-likeness (QED) is 0.190. The minimum Gasteiger partial charge on any atom is -0.339 e. The smallest absolute Gasteiger partial charge is 0.339 e. The van der Waals surface area contributed by atoms with Gasteiger partial charge in [0.2, 0.25) is 0 Å². The van der Waals surface area contributed by atoms with E-state index in [1.807, 2.05) is 47.3 Å². The summed E-state index contributed by atoms with van der Waals surface area (Å²) < 4.78 is 39.7. The van der Waals surface area contributed by atoms with E-state index in [1.165, 1.54) is 35.4 Å². The Morgan fingerprint density at radius 3 is 2.40 bits per heavy atom. The zero-order valence-corrected chi connectivity index (χ0v) is 25.0. The van der Waals surface area contributed by atoms with Crippen molar-refractivity contribution >= 4 is 40.2 Å². The van der Waals surface area contributed by atoms with Crippen molar-refractivity contribution < 1.29 is 22.8 Å². The van der Waals surface area contributed by atoms with Gasteiger partial charge in [0.1, 0.15) is 0 Å². The van der Waals surface area contributed by atoms with Gasteiger partial charge in [-0.2, -0.15) is 18.3 Å². The summed E-state index contributed by atoms with van der Waals surface area (Å²) >= 11 is -0.190. The Labute approximate surface area is 262 Å². The number of hydrogen-bond acceptors (Lipinski definition) is 4. The van der Waals surface area contributed by atoms with Gasteiger partial charge in [0.25, 0.3) is 11.8 Å². The number of piperidine rings is 1. The van der Waals surface area contributed by atoms with Crippen LogP contribution in [0.2, 0.25) is 0 Å². The van der Waals surface area contributed by atoms with Crippen molar-refractivity contribution in [3.05, 3.63) is 113 Å². The van der Waals surface area contributed by atoms with Gasteiger partial charge in [-0.15, -0.1) is 0 Å². The Morgan fingerprint density at radius 1 is 0.889 bits per heavy atom. The van der Waals surface area contributed by atoms with Crippen molar-refractivity contribution in [1.29, 1.82) is 0 Å². The van der Waals surface area contributed by atoms with Gasteiger partial charge in [0.15, 0.2) is 0 Å². The molecule has 1 aromatic heterocycles. The predicted octanol–water partition coefficient (Wildman–Crippen LogP) is 8.02. The SMILES string of the molecule is O=C(Nc1cccc2c1Cc1ccccc1-2)c1ccc2nn(CC3CCN(C(=O)c4ccc(SC(F)(F)F)cc4)CC3)cc2c1. The monoisotopic (exact) mass is 626 g/mol. The minimum atomic E-state index is -4.36. The molecule has 2 amide bonds. The number of halogens is 3. The van der Waals surface area contributed by atoms with E-state index in [1.54, 1.807) is 11.0 Å². The van der Waals surface area contributed by atoms with E-state index in [9.17, 15) is 22.8 Å². The number of carbonyl (C=O) groups excluding carboxylic acids is 2. The molecule has 0 radical (unpaired) electrons. The number of alkyl halides is 3. The zero-order valence-electron chi connectivity index (χ0n) is 24.2. The van der Waals surface area contributed by atoms with E-state index in [4.69, 9.17) is 5.10 Å². The van der Waals surface area contributed by atoms with Gasteiger partial charge < -0.3 is 10.2 Å². The molecule has 1 fully saturated rings. The summed E-state index contributed by atoms with van der Waals surface area (Å²) in [5.74, 6) is -0.0154. The first kappa shape index (κ1) is 29.2. The minimum absolute atomic E-state index is 0.0582. The van der Waals surface area contributed by atoms with Crippen molar-refractivity contribution in [2.24, 2.45) is 5.92 Å². The maximum atomic E-state index is 13.3. The first-order valence-electron chi connectivity index (χ1n) is 14.8. The summed E-state index contributed by atoms with van der Waals surface area (Å²) in [4.78, 5) is 28.0. The number of aromatic nitrogens is 2. The van der Waals surface area contributed by atoms with Crippen molar-refractivity contribution in [2.45, 2.75) is 36.2 Å². The number of anilines is 1. The van der Waals surface area contributed by atoms with E-state index in [0.29, 0.717) is 36.7 Å². The van der Waals surface area contributed by atoms with Gasteiger partial charge in [-0.3, -0.25) is 14.3 Å². The Hall–Kier alpha value is -4.57. The van der Waals surface area contributed by atoms with E-state index in [0.717, 1.165) is 47.0 Å². The normalized spacial score (nSPS) is 14.8. The molecule has 6 nitrogen and oxygen atoms in total. The lowest BCUT2D eigenvalue weighted by molar-refractivity contribution is -0.0328. The van der Waals surface area contributed by atoms with Crippen LogP contribution in [0.15, 0.2) is 96.0 Å². The summed E-state index contributed by atoms with van der Waals surface area (Å²) in [5.41, 5.74) is 2.99. The maximum absolute atomic E-state index is 13.3. The van der Waals surface area contributed by atoms with Crippen LogP contribution in [0, 0.1) is 5.92 Å². The fourth-order valence-corrected chi connectivity index (χ4v) is 6.88. The highest BCUT2D eigenvalue weighted by Crippen LogP contribution is 2.40. The van der Waals surface area contributed by atoms with Crippen LogP contribution >= 0.6 is 11.8 Å². The largest absolute Gasteiger partial charge is 0.446 e. The van der Waals surface area contributed by atoms with Crippen LogP contribution in [-0.2, 0) is 13.0 Å². The average molecular weight is 627 g/mol. The second kappa shape index (κ2) is 11.7. The highest BCUT2D eigenvalue weighted by atomic mass is 32.2. The van der Waals surface area contributed by atoms with Crippen molar-refractivity contribution in [2.75, 3.05) is 18.4 Å². The molecule has 1 saturated heterocycles. The number of benzene rings is 4. The van der Waals surface area contributed by atoms with E-state index >= 15 is 0 Å². The lowest BCUT2D eigenvalue weighted by Crippen LogP contribution is -2.39. The summed E-state index contributed by atoms with van der Waals surface area (Å²) in [7, 11) is 0. The third-order valence-corrected chi connectivity index (χ3v) is 9.33. The Morgan fingerprint density at radius 2 is 1.62 bits per heavy atom. The Kier molecular flexibility index (Phi) is 7.61. The number of rotatable bonds is 6. The summed E-state index contributed by atoms with van der Waals surface area (Å²) in [6.07, 6.45) is 4.34. The third kappa shape index (κ3) is 6.20. The van der Waals surface area contributed by atoms with E-state index in [2.05, 4.69) is 23.5 Å². The fraction of sp³-hybridized carbons (Fsp3) is 0.229. The lowest BCUT2D eigenvalue weighted by atomic mass is 9.96. The molecule has 4 aromatic carbocycles. The third-order valence-electron chi connectivity index (χ3n) is 8.59. The first-order valence-corrected chi connectivity index (χ1v) is 15.7. The van der Waals surface area contributed by atoms with Crippen molar-refractivity contribution in [1.82, 2.24) is 14.7 Å². The highest BCUT2D eigenvalue weighted by Gasteiger charge is 2.30. The molecular weight excluding hydrogens is 597 g/mol. The lowest BCUT2D eigenvalue weighted by Gasteiger charge is -2.32. The molecule has 0 saturated carbocycles. The van der Waals surface area contributed by atoms with Crippen molar-refractivity contribution in [3.63, 3.8) is 0 Å². The maximum Gasteiger partial charge on any atom is 0.446 e. The molecule has 0 bridgehead atoms. The van der Waals surface area contributed by atoms with Crippen LogP contribution in [0.3, 0.4) is 0 Å². The average Bonchev–Trinajstić information content (AvgIpc) is 3.61. The molecule has 1 N–H and O–H groups in total. The van der Waals surface area contributed by atoms with Crippen LogP contribution in [-0.4, -0.2) is 45.1 Å². The van der Waals surface area contributed by atoms with Gasteiger partial charge in [0.05, 0.1) is 5.52 Å². The number of likely N-dealkylation sites (tertiary alicyclic amines) is 1. The van der Waals surface area contributed by atoms with Gasteiger partial charge in [-0.05, 0) is 101 Å². The van der Waals surface area contributed by atoms with Gasteiger partial charge in [0, 0.05) is 59.3 Å². The summed E-state index contributed by atoms with van der Waals surface area (Å²) in [6, 6.07) is 25.5. The number of amides is 2. The van der Waals surface area contributed by atoms with E-state index in [-0.39, 0.29) is 28.5 Å². The predicted molar refractivity (Wildman–Crippen MR) is 169 cm³/mol. The van der Waals surface area contributed by atoms with Crippen LogP contribution < -0.4 is 5.32 Å². The molecule has 5 aromatic rings. The fourth-order valence-electron chi connectivity index (χ4n) is 6.35. The topological polar surface area (TPSA) is 67.2 Å². The molecular formula is C35H29F3N4O2S. The van der Waals surface area contributed by atoms with Crippen LogP contribution in [0.5, 0.6) is 0 Å². The molecule has 0 spiro atoms.